The van der Waals surface area contributed by atoms with Gasteiger partial charge in [0.1, 0.15) is 0 Å². The topological polar surface area (TPSA) is 29.3 Å². The molecule has 1 aromatic carbocycles. The highest BCUT2D eigenvalue weighted by molar-refractivity contribution is 5.18. The van der Waals surface area contributed by atoms with Gasteiger partial charge >= 0.3 is 6.18 Å². The zero-order chi connectivity index (χ0) is 13.6. The molecule has 1 rings (SSSR count). The molecule has 0 spiro atoms. The number of nitrogens with two attached hydrogens (primary N) is 1. The highest BCUT2D eigenvalue weighted by Crippen LogP contribution is 2.25. The van der Waals surface area contributed by atoms with Gasteiger partial charge in [-0.2, -0.15) is 13.2 Å². The van der Waals surface area contributed by atoms with E-state index in [1.807, 2.05) is 30.3 Å². The molecular formula is C13H19F3N2. The smallest absolute Gasteiger partial charge is 0.330 e. The molecule has 0 saturated heterocycles. The summed E-state index contributed by atoms with van der Waals surface area (Å²) in [5.74, 6) is 0. The lowest BCUT2D eigenvalue weighted by atomic mass is 10.0. The molecule has 0 radical (unpaired) electrons. The number of nitrogens with zero attached hydrogens (tertiary/aromatic N) is 1. The van der Waals surface area contributed by atoms with Gasteiger partial charge < -0.3 is 5.73 Å². The van der Waals surface area contributed by atoms with Gasteiger partial charge in [0.05, 0.1) is 6.42 Å². The predicted octanol–water partition coefficient (Wildman–Crippen LogP) is 2.96. The maximum atomic E-state index is 12.2. The minimum Gasteiger partial charge on any atom is -0.330 e. The standard InChI is InChI=1S/C13H19F3N2/c1-18(10-8-13(14,15)16)12(7-9-17)11-5-3-2-4-6-11/h2-6,12H,7-10,17H2,1H3. The van der Waals surface area contributed by atoms with Crippen LogP contribution in [0.4, 0.5) is 13.2 Å². The van der Waals surface area contributed by atoms with Gasteiger partial charge in [-0.15, -0.1) is 0 Å². The fourth-order valence-corrected chi connectivity index (χ4v) is 1.93. The van der Waals surface area contributed by atoms with Gasteiger partial charge in [-0.1, -0.05) is 30.3 Å². The van der Waals surface area contributed by atoms with Crippen molar-refractivity contribution in [3.05, 3.63) is 35.9 Å². The first-order valence-corrected chi connectivity index (χ1v) is 5.96. The molecule has 0 bridgehead atoms. The zero-order valence-corrected chi connectivity index (χ0v) is 10.5. The molecule has 1 unspecified atom stereocenters. The molecule has 2 N–H and O–H groups in total. The molecule has 0 amide bonds. The largest absolute Gasteiger partial charge is 0.390 e. The fraction of sp³-hybridized carbons (Fsp3) is 0.538. The van der Waals surface area contributed by atoms with E-state index in [4.69, 9.17) is 5.73 Å². The zero-order valence-electron chi connectivity index (χ0n) is 10.5. The van der Waals surface area contributed by atoms with Crippen molar-refractivity contribution in [2.75, 3.05) is 20.1 Å². The van der Waals surface area contributed by atoms with Crippen molar-refractivity contribution in [1.82, 2.24) is 4.90 Å². The normalized spacial score (nSPS) is 13.9. The molecule has 5 heteroatoms. The van der Waals surface area contributed by atoms with Crippen LogP contribution >= 0.6 is 0 Å². The maximum absolute atomic E-state index is 12.2. The SMILES string of the molecule is CN(CCC(F)(F)F)C(CCN)c1ccccc1. The van der Waals surface area contributed by atoms with E-state index in [9.17, 15) is 13.2 Å². The van der Waals surface area contributed by atoms with Crippen LogP contribution in [-0.2, 0) is 0 Å². The third-order valence-electron chi connectivity index (χ3n) is 2.90. The number of benzene rings is 1. The quantitative estimate of drug-likeness (QED) is 0.852. The number of alkyl halides is 3. The summed E-state index contributed by atoms with van der Waals surface area (Å²) in [5, 5.41) is 0. The Morgan fingerprint density at radius 2 is 1.83 bits per heavy atom. The van der Waals surface area contributed by atoms with Crippen LogP contribution in [0, 0.1) is 0 Å². The summed E-state index contributed by atoms with van der Waals surface area (Å²) in [6.45, 7) is 0.443. The summed E-state index contributed by atoms with van der Waals surface area (Å²) in [5.41, 5.74) is 6.54. The Labute approximate surface area is 106 Å². The molecule has 18 heavy (non-hydrogen) atoms. The van der Waals surface area contributed by atoms with Crippen molar-refractivity contribution in [3.8, 4) is 0 Å². The Kier molecular flexibility index (Phi) is 5.62. The van der Waals surface area contributed by atoms with Gasteiger partial charge in [-0.3, -0.25) is 4.90 Å². The molecule has 0 saturated carbocycles. The summed E-state index contributed by atoms with van der Waals surface area (Å²) in [6, 6.07) is 9.44. The lowest BCUT2D eigenvalue weighted by Gasteiger charge is -2.28. The van der Waals surface area contributed by atoms with Crippen LogP contribution in [-0.4, -0.2) is 31.2 Å². The average Bonchev–Trinajstić information content (AvgIpc) is 2.33. The number of rotatable bonds is 6. The second-order valence-corrected chi connectivity index (χ2v) is 4.35. The molecular weight excluding hydrogens is 241 g/mol. The summed E-state index contributed by atoms with van der Waals surface area (Å²) >= 11 is 0. The van der Waals surface area contributed by atoms with E-state index in [-0.39, 0.29) is 12.6 Å². The Balaban J connectivity index is 2.67. The van der Waals surface area contributed by atoms with E-state index in [0.29, 0.717) is 13.0 Å². The van der Waals surface area contributed by atoms with Crippen molar-refractivity contribution >= 4 is 0 Å². The minimum absolute atomic E-state index is 0.0109. The van der Waals surface area contributed by atoms with Crippen LogP contribution in [0.2, 0.25) is 0 Å². The fourth-order valence-electron chi connectivity index (χ4n) is 1.93. The van der Waals surface area contributed by atoms with Crippen LogP contribution in [0.3, 0.4) is 0 Å². The van der Waals surface area contributed by atoms with Crippen molar-refractivity contribution in [2.45, 2.75) is 25.1 Å². The van der Waals surface area contributed by atoms with Crippen molar-refractivity contribution < 1.29 is 13.2 Å². The van der Waals surface area contributed by atoms with Crippen molar-refractivity contribution in [3.63, 3.8) is 0 Å². The van der Waals surface area contributed by atoms with Crippen LogP contribution < -0.4 is 5.73 Å². The molecule has 0 aliphatic rings. The van der Waals surface area contributed by atoms with E-state index in [1.54, 1.807) is 11.9 Å². The third kappa shape index (κ3) is 5.06. The molecule has 0 aliphatic heterocycles. The molecule has 1 aromatic rings. The molecule has 1 atom stereocenters. The van der Waals surface area contributed by atoms with Crippen LogP contribution in [0.15, 0.2) is 30.3 Å². The summed E-state index contributed by atoms with van der Waals surface area (Å²) < 4.78 is 36.6. The van der Waals surface area contributed by atoms with Crippen LogP contribution in [0.1, 0.15) is 24.4 Å². The second-order valence-electron chi connectivity index (χ2n) is 4.35. The predicted molar refractivity (Wildman–Crippen MR) is 66.2 cm³/mol. The lowest BCUT2D eigenvalue weighted by Crippen LogP contribution is -2.30. The van der Waals surface area contributed by atoms with Gasteiger partial charge in [0.2, 0.25) is 0 Å². The minimum atomic E-state index is -4.11. The molecule has 102 valence electrons. The molecule has 2 nitrogen and oxygen atoms in total. The first kappa shape index (κ1) is 15.0. The highest BCUT2D eigenvalue weighted by Gasteiger charge is 2.28. The van der Waals surface area contributed by atoms with Gasteiger partial charge in [0.15, 0.2) is 0 Å². The molecule has 0 aliphatic carbocycles. The Morgan fingerprint density at radius 1 is 1.22 bits per heavy atom. The molecule has 0 aromatic heterocycles. The summed E-state index contributed by atoms with van der Waals surface area (Å²) in [6.07, 6.45) is -4.26. The lowest BCUT2D eigenvalue weighted by molar-refractivity contribution is -0.138. The van der Waals surface area contributed by atoms with Crippen molar-refractivity contribution in [1.29, 1.82) is 0 Å². The van der Waals surface area contributed by atoms with Gasteiger partial charge in [-0.05, 0) is 25.6 Å². The van der Waals surface area contributed by atoms with Crippen LogP contribution in [0.5, 0.6) is 0 Å². The Bertz CT molecular complexity index is 338. The van der Waals surface area contributed by atoms with Crippen molar-refractivity contribution in [2.24, 2.45) is 5.73 Å². The first-order chi connectivity index (χ1) is 8.44. The highest BCUT2D eigenvalue weighted by atomic mass is 19.4. The van der Waals surface area contributed by atoms with E-state index in [2.05, 4.69) is 0 Å². The third-order valence-corrected chi connectivity index (χ3v) is 2.90. The molecule has 0 fully saturated rings. The first-order valence-electron chi connectivity index (χ1n) is 5.96. The van der Waals surface area contributed by atoms with Crippen LogP contribution in [0.25, 0.3) is 0 Å². The number of hydrogen-bond acceptors (Lipinski definition) is 2. The Morgan fingerprint density at radius 3 is 2.33 bits per heavy atom. The van der Waals surface area contributed by atoms with E-state index in [1.165, 1.54) is 0 Å². The monoisotopic (exact) mass is 260 g/mol. The average molecular weight is 260 g/mol. The van der Waals surface area contributed by atoms with E-state index < -0.39 is 12.6 Å². The van der Waals surface area contributed by atoms with E-state index in [0.717, 1.165) is 5.56 Å². The second kappa shape index (κ2) is 6.75. The number of hydrogen-bond donors (Lipinski definition) is 1. The summed E-state index contributed by atoms with van der Waals surface area (Å²) in [7, 11) is 1.71. The van der Waals surface area contributed by atoms with Gasteiger partial charge in [0, 0.05) is 12.6 Å². The summed E-state index contributed by atoms with van der Waals surface area (Å²) in [4.78, 5) is 1.72. The van der Waals surface area contributed by atoms with Gasteiger partial charge in [-0.25, -0.2) is 0 Å². The maximum Gasteiger partial charge on any atom is 0.390 e. The Hall–Kier alpha value is -1.07. The van der Waals surface area contributed by atoms with Gasteiger partial charge in [0.25, 0.3) is 0 Å². The van der Waals surface area contributed by atoms with E-state index >= 15 is 0 Å². The number of halogens is 3. The molecule has 0 heterocycles.